The Bertz CT molecular complexity index is 732. The molecule has 25 heavy (non-hydrogen) atoms. The number of furan rings is 1. The van der Waals surface area contributed by atoms with Gasteiger partial charge in [0.2, 0.25) is 0 Å². The second-order valence-corrected chi connectivity index (χ2v) is 7.37. The lowest BCUT2D eigenvalue weighted by Crippen LogP contribution is -2.40. The molecule has 0 amide bonds. The number of hydrogen-bond acceptors (Lipinski definition) is 4. The third-order valence-electron chi connectivity index (χ3n) is 5.57. The highest BCUT2D eigenvalue weighted by Crippen LogP contribution is 2.26. The van der Waals surface area contributed by atoms with E-state index in [0.29, 0.717) is 0 Å². The Hall–Kier alpha value is -1.85. The molecule has 5 nitrogen and oxygen atoms in total. The molecule has 1 N–H and O–H groups in total. The highest BCUT2D eigenvalue weighted by molar-refractivity contribution is 5.77. The number of carbonyl (C=O) groups is 1. The average molecular weight is 343 g/mol. The molecule has 5 heteroatoms. The zero-order valence-corrected chi connectivity index (χ0v) is 14.4. The molecule has 1 aromatic heterocycles. The van der Waals surface area contributed by atoms with Crippen LogP contribution in [0.5, 0.6) is 0 Å². The number of hydrogen-bond donors (Lipinski definition) is 1. The summed E-state index contributed by atoms with van der Waals surface area (Å²) in [4.78, 5) is 13.4. The first kappa shape index (κ1) is 16.6. The van der Waals surface area contributed by atoms with Crippen LogP contribution in [0.1, 0.15) is 31.2 Å². The van der Waals surface area contributed by atoms with E-state index in [4.69, 9.17) is 14.3 Å². The van der Waals surface area contributed by atoms with Crippen molar-refractivity contribution in [3.05, 3.63) is 36.1 Å². The van der Waals surface area contributed by atoms with Crippen LogP contribution in [0.15, 0.2) is 34.9 Å². The first-order chi connectivity index (χ1) is 12.2. The number of aliphatic carboxylic acids is 1. The molecule has 2 aromatic rings. The number of carboxylic acid groups (broad SMARTS) is 1. The monoisotopic (exact) mass is 343 g/mol. The van der Waals surface area contributed by atoms with Crippen molar-refractivity contribution < 1.29 is 19.1 Å². The number of rotatable bonds is 5. The Morgan fingerprint density at radius 2 is 1.92 bits per heavy atom. The molecule has 0 spiro atoms. The van der Waals surface area contributed by atoms with Gasteiger partial charge in [-0.25, -0.2) is 0 Å². The highest BCUT2D eigenvalue weighted by Gasteiger charge is 2.30. The summed E-state index contributed by atoms with van der Waals surface area (Å²) in [5.41, 5.74) is 2.22. The van der Waals surface area contributed by atoms with Crippen LogP contribution in [0.25, 0.3) is 11.0 Å². The van der Waals surface area contributed by atoms with Crippen LogP contribution in [0.3, 0.4) is 0 Å². The van der Waals surface area contributed by atoms with Crippen LogP contribution in [0.4, 0.5) is 0 Å². The fourth-order valence-electron chi connectivity index (χ4n) is 4.12. The first-order valence-corrected chi connectivity index (χ1v) is 9.24. The van der Waals surface area contributed by atoms with Gasteiger partial charge in [-0.2, -0.15) is 0 Å². The molecule has 1 aromatic carbocycles. The van der Waals surface area contributed by atoms with Gasteiger partial charge in [-0.3, -0.25) is 4.79 Å². The number of likely N-dealkylation sites (tertiary alicyclic amines) is 1. The van der Waals surface area contributed by atoms with Crippen LogP contribution in [0, 0.1) is 5.92 Å². The van der Waals surface area contributed by atoms with Crippen molar-refractivity contribution in [2.24, 2.45) is 5.92 Å². The molecule has 2 saturated heterocycles. The lowest BCUT2D eigenvalue weighted by molar-refractivity contribution is -0.143. The fourth-order valence-corrected chi connectivity index (χ4v) is 4.12. The van der Waals surface area contributed by atoms with E-state index in [-0.39, 0.29) is 18.1 Å². The smallest absolute Gasteiger partial charge is 0.306 e. The number of piperidine rings is 1. The molecular formula is C20H25NO4. The average Bonchev–Trinajstić information content (AvgIpc) is 3.24. The number of benzene rings is 1. The van der Waals surface area contributed by atoms with Crippen molar-refractivity contribution in [2.45, 2.75) is 44.3 Å². The predicted molar refractivity (Wildman–Crippen MR) is 94.6 cm³/mol. The molecule has 2 aliphatic rings. The van der Waals surface area contributed by atoms with Gasteiger partial charge in [0.1, 0.15) is 5.58 Å². The summed E-state index contributed by atoms with van der Waals surface area (Å²) < 4.78 is 11.6. The maximum absolute atomic E-state index is 11.0. The number of ether oxygens (including phenoxy) is 1. The summed E-state index contributed by atoms with van der Waals surface area (Å²) >= 11 is 0. The highest BCUT2D eigenvalue weighted by atomic mass is 16.5. The van der Waals surface area contributed by atoms with Gasteiger partial charge in [0.15, 0.2) is 0 Å². The van der Waals surface area contributed by atoms with Gasteiger partial charge < -0.3 is 19.2 Å². The standard InChI is InChI=1S/C20H25NO4/c22-20(23)15-5-8-21(9-6-15)13-18-3-2-17(25-18)12-14-1-4-19-16(11-14)7-10-24-19/h1,4,7,10-11,15,17-18H,2-3,5-6,8-9,12-13H2,(H,22,23)/t17-,18+/m0/s1. The van der Waals surface area contributed by atoms with Gasteiger partial charge in [0.25, 0.3) is 0 Å². The number of nitrogens with zero attached hydrogens (tertiary/aromatic N) is 1. The molecule has 0 aliphatic carbocycles. The van der Waals surface area contributed by atoms with E-state index < -0.39 is 5.97 Å². The molecule has 4 rings (SSSR count). The molecule has 2 aliphatic heterocycles. The molecule has 0 radical (unpaired) electrons. The maximum atomic E-state index is 11.0. The minimum Gasteiger partial charge on any atom is -0.481 e. The van der Waals surface area contributed by atoms with Crippen molar-refractivity contribution in [3.63, 3.8) is 0 Å². The van der Waals surface area contributed by atoms with E-state index in [9.17, 15) is 4.79 Å². The quantitative estimate of drug-likeness (QED) is 0.902. The van der Waals surface area contributed by atoms with Crippen molar-refractivity contribution >= 4 is 16.9 Å². The lowest BCUT2D eigenvalue weighted by Gasteiger charge is -2.31. The Kier molecular flexibility index (Phi) is 4.77. The van der Waals surface area contributed by atoms with Crippen LogP contribution >= 0.6 is 0 Å². The van der Waals surface area contributed by atoms with Gasteiger partial charge >= 0.3 is 5.97 Å². The Balaban J connectivity index is 1.26. The normalized spacial score (nSPS) is 25.6. The summed E-state index contributed by atoms with van der Waals surface area (Å²) in [6.07, 6.45) is 6.95. The molecule has 0 unspecified atom stereocenters. The molecule has 2 fully saturated rings. The minimum absolute atomic E-state index is 0.161. The summed E-state index contributed by atoms with van der Waals surface area (Å²) in [6, 6.07) is 8.34. The van der Waals surface area contributed by atoms with E-state index in [1.807, 2.05) is 12.1 Å². The van der Waals surface area contributed by atoms with Crippen LogP contribution in [-0.4, -0.2) is 47.8 Å². The molecular weight excluding hydrogens is 318 g/mol. The third-order valence-corrected chi connectivity index (χ3v) is 5.57. The van der Waals surface area contributed by atoms with Gasteiger partial charge in [-0.1, -0.05) is 6.07 Å². The van der Waals surface area contributed by atoms with Crippen LogP contribution in [0.2, 0.25) is 0 Å². The largest absolute Gasteiger partial charge is 0.481 e. The zero-order valence-electron chi connectivity index (χ0n) is 14.4. The van der Waals surface area contributed by atoms with Crippen LogP contribution in [-0.2, 0) is 16.0 Å². The first-order valence-electron chi connectivity index (χ1n) is 9.24. The molecule has 0 saturated carbocycles. The zero-order chi connectivity index (χ0) is 17.2. The Morgan fingerprint density at radius 1 is 1.12 bits per heavy atom. The topological polar surface area (TPSA) is 62.9 Å². The minimum atomic E-state index is -0.647. The van der Waals surface area contributed by atoms with E-state index in [2.05, 4.69) is 17.0 Å². The van der Waals surface area contributed by atoms with Crippen molar-refractivity contribution in [1.29, 1.82) is 0 Å². The van der Waals surface area contributed by atoms with Crippen molar-refractivity contribution in [2.75, 3.05) is 19.6 Å². The van der Waals surface area contributed by atoms with Gasteiger partial charge in [-0.05, 0) is 69.0 Å². The van der Waals surface area contributed by atoms with E-state index in [1.165, 1.54) is 5.56 Å². The molecule has 2 atom stereocenters. The maximum Gasteiger partial charge on any atom is 0.306 e. The van der Waals surface area contributed by atoms with Gasteiger partial charge in [-0.15, -0.1) is 0 Å². The molecule has 3 heterocycles. The lowest BCUT2D eigenvalue weighted by atomic mass is 9.97. The molecule has 0 bridgehead atoms. The second-order valence-electron chi connectivity index (χ2n) is 7.37. The SMILES string of the molecule is O=C(O)C1CCN(C[C@H]2CC[C@@H](Cc3ccc4occc4c3)O2)CC1. The predicted octanol–water partition coefficient (Wildman–Crippen LogP) is 3.32. The van der Waals surface area contributed by atoms with Gasteiger partial charge in [0.05, 0.1) is 24.4 Å². The molecule has 134 valence electrons. The number of carboxylic acids is 1. The second kappa shape index (κ2) is 7.18. The van der Waals surface area contributed by atoms with Crippen molar-refractivity contribution in [3.8, 4) is 0 Å². The van der Waals surface area contributed by atoms with Gasteiger partial charge in [0, 0.05) is 11.9 Å². The summed E-state index contributed by atoms with van der Waals surface area (Å²) in [7, 11) is 0. The Morgan fingerprint density at radius 3 is 2.72 bits per heavy atom. The van der Waals surface area contributed by atoms with E-state index >= 15 is 0 Å². The summed E-state index contributed by atoms with van der Waals surface area (Å²) in [5.74, 6) is -0.808. The van der Waals surface area contributed by atoms with Crippen LogP contribution < -0.4 is 0 Å². The number of fused-ring (bicyclic) bond motifs is 1. The van der Waals surface area contributed by atoms with E-state index in [1.54, 1.807) is 6.26 Å². The fraction of sp³-hybridized carbons (Fsp3) is 0.550. The Labute approximate surface area is 147 Å². The summed E-state index contributed by atoms with van der Waals surface area (Å²) in [6.45, 7) is 2.68. The van der Waals surface area contributed by atoms with E-state index in [0.717, 1.165) is 62.7 Å². The summed E-state index contributed by atoms with van der Waals surface area (Å²) in [5, 5.41) is 10.2. The third kappa shape index (κ3) is 3.88. The van der Waals surface area contributed by atoms with Crippen molar-refractivity contribution in [1.82, 2.24) is 4.90 Å².